The Balaban J connectivity index is 1.48. The predicted octanol–water partition coefficient (Wildman–Crippen LogP) is 2.21. The maximum Gasteiger partial charge on any atom is 0.319 e. The molecule has 1 amide bonds. The molecule has 1 aliphatic carbocycles. The van der Waals surface area contributed by atoms with Crippen molar-refractivity contribution in [2.45, 2.75) is 25.7 Å². The Bertz CT molecular complexity index is 658. The van der Waals surface area contributed by atoms with Gasteiger partial charge in [0.15, 0.2) is 0 Å². The van der Waals surface area contributed by atoms with Gasteiger partial charge in [-0.25, -0.2) is 4.98 Å². The molecule has 1 saturated carbocycles. The molecule has 1 aromatic carbocycles. The molecule has 0 aliphatic heterocycles. The average molecular weight is 304 g/mol. The molecule has 0 atom stereocenters. The minimum Gasteiger partial charge on any atom is -0.480 e. The highest BCUT2D eigenvalue weighted by Crippen LogP contribution is 2.46. The Labute approximate surface area is 126 Å². The molecule has 0 radical (unpaired) electrons. The third kappa shape index (κ3) is 2.76. The fourth-order valence-corrected chi connectivity index (χ4v) is 3.31. The number of rotatable bonds is 6. The lowest BCUT2D eigenvalue weighted by atomic mass is 10.1. The summed E-state index contributed by atoms with van der Waals surface area (Å²) in [5.74, 6) is -1.36. The van der Waals surface area contributed by atoms with Crippen LogP contribution in [-0.2, 0) is 16.0 Å². The predicted molar refractivity (Wildman–Crippen MR) is 80.3 cm³/mol. The van der Waals surface area contributed by atoms with E-state index in [0.717, 1.165) is 23.4 Å². The lowest BCUT2D eigenvalue weighted by molar-refractivity contribution is -0.149. The number of hydrogen-bond acceptors (Lipinski definition) is 4. The first-order valence-corrected chi connectivity index (χ1v) is 7.80. The summed E-state index contributed by atoms with van der Waals surface area (Å²) in [4.78, 5) is 27.4. The zero-order chi connectivity index (χ0) is 14.9. The summed E-state index contributed by atoms with van der Waals surface area (Å²) < 4.78 is 1.17. The number of amides is 1. The number of thiazole rings is 1. The fraction of sp³-hybridized carbons (Fsp3) is 0.400. The molecule has 1 aromatic heterocycles. The second-order valence-corrected chi connectivity index (χ2v) is 6.44. The number of aryl methyl sites for hydroxylation is 1. The van der Waals surface area contributed by atoms with E-state index in [-0.39, 0.29) is 5.91 Å². The van der Waals surface area contributed by atoms with Crippen LogP contribution in [0, 0.1) is 5.41 Å². The lowest BCUT2D eigenvalue weighted by Crippen LogP contribution is -2.37. The zero-order valence-electron chi connectivity index (χ0n) is 11.5. The van der Waals surface area contributed by atoms with Crippen LogP contribution in [0.2, 0.25) is 0 Å². The number of hydrogen-bond donors (Lipinski definition) is 2. The van der Waals surface area contributed by atoms with Crippen molar-refractivity contribution in [3.8, 4) is 0 Å². The quantitative estimate of drug-likeness (QED) is 0.633. The van der Waals surface area contributed by atoms with Gasteiger partial charge in [0.1, 0.15) is 5.41 Å². The first-order chi connectivity index (χ1) is 10.1. The van der Waals surface area contributed by atoms with Crippen molar-refractivity contribution in [1.29, 1.82) is 0 Å². The smallest absolute Gasteiger partial charge is 0.319 e. The molecule has 1 fully saturated rings. The van der Waals surface area contributed by atoms with Crippen LogP contribution >= 0.6 is 11.3 Å². The Morgan fingerprint density at radius 3 is 2.76 bits per heavy atom. The number of aliphatic carboxylic acids is 1. The summed E-state index contributed by atoms with van der Waals surface area (Å²) >= 11 is 1.66. The van der Waals surface area contributed by atoms with Gasteiger partial charge in [0.2, 0.25) is 5.91 Å². The summed E-state index contributed by atoms with van der Waals surface area (Å²) in [5.41, 5.74) is -0.139. The van der Waals surface area contributed by atoms with Crippen LogP contribution in [-0.4, -0.2) is 28.5 Å². The van der Waals surface area contributed by atoms with Crippen molar-refractivity contribution in [1.82, 2.24) is 10.3 Å². The highest BCUT2D eigenvalue weighted by Gasteiger charge is 2.56. The molecule has 0 unspecified atom stereocenters. The number of nitrogens with one attached hydrogen (secondary N) is 1. The molecule has 21 heavy (non-hydrogen) atoms. The maximum atomic E-state index is 11.8. The molecule has 2 aromatic rings. The molecule has 1 aliphatic rings. The van der Waals surface area contributed by atoms with Gasteiger partial charge in [-0.2, -0.15) is 0 Å². The highest BCUT2D eigenvalue weighted by molar-refractivity contribution is 7.18. The van der Waals surface area contributed by atoms with E-state index in [9.17, 15) is 9.59 Å². The Morgan fingerprint density at radius 1 is 1.33 bits per heavy atom. The SMILES string of the molecule is O=C(O)C1(C(=O)NCCCc2nc3ccccc3s2)CC1. The summed E-state index contributed by atoms with van der Waals surface area (Å²) in [6.07, 6.45) is 2.46. The number of fused-ring (bicyclic) bond motifs is 1. The van der Waals surface area contributed by atoms with Crippen LogP contribution in [0.25, 0.3) is 10.2 Å². The van der Waals surface area contributed by atoms with E-state index in [4.69, 9.17) is 5.11 Å². The minimum atomic E-state index is -1.14. The van der Waals surface area contributed by atoms with Crippen LogP contribution in [0.1, 0.15) is 24.3 Å². The molecule has 0 bridgehead atoms. The molecule has 5 nitrogen and oxygen atoms in total. The number of carbonyl (C=O) groups is 2. The maximum absolute atomic E-state index is 11.8. The van der Waals surface area contributed by atoms with E-state index in [2.05, 4.69) is 10.3 Å². The molecule has 3 rings (SSSR count). The lowest BCUT2D eigenvalue weighted by Gasteiger charge is -2.10. The molecule has 1 heterocycles. The largest absolute Gasteiger partial charge is 0.480 e. The topological polar surface area (TPSA) is 79.3 Å². The van der Waals surface area contributed by atoms with Crippen molar-refractivity contribution in [3.05, 3.63) is 29.3 Å². The Morgan fingerprint density at radius 2 is 2.10 bits per heavy atom. The van der Waals surface area contributed by atoms with E-state index >= 15 is 0 Å². The summed E-state index contributed by atoms with van der Waals surface area (Å²) in [5, 5.41) is 12.8. The van der Waals surface area contributed by atoms with Gasteiger partial charge in [0.25, 0.3) is 0 Å². The second kappa shape index (κ2) is 5.44. The van der Waals surface area contributed by atoms with Gasteiger partial charge in [0, 0.05) is 13.0 Å². The number of carboxylic acids is 1. The van der Waals surface area contributed by atoms with E-state index in [1.807, 2.05) is 24.3 Å². The van der Waals surface area contributed by atoms with E-state index in [1.165, 1.54) is 4.70 Å². The molecule has 110 valence electrons. The standard InChI is InChI=1S/C15H16N2O3S/c18-13(15(7-8-15)14(19)20)16-9-3-6-12-17-10-4-1-2-5-11(10)21-12/h1-2,4-5H,3,6-9H2,(H,16,18)(H,19,20). The van der Waals surface area contributed by atoms with Gasteiger partial charge in [-0.15, -0.1) is 11.3 Å². The number of nitrogens with zero attached hydrogens (tertiary/aromatic N) is 1. The van der Waals surface area contributed by atoms with Crippen LogP contribution in [0.15, 0.2) is 24.3 Å². The first-order valence-electron chi connectivity index (χ1n) is 6.98. The molecule has 2 N–H and O–H groups in total. The first kappa shape index (κ1) is 14.0. The van der Waals surface area contributed by atoms with E-state index < -0.39 is 11.4 Å². The van der Waals surface area contributed by atoms with Gasteiger partial charge in [-0.3, -0.25) is 9.59 Å². The fourth-order valence-electron chi connectivity index (χ4n) is 2.30. The molecular formula is C15H16N2O3S. The van der Waals surface area contributed by atoms with Crippen LogP contribution in [0.4, 0.5) is 0 Å². The highest BCUT2D eigenvalue weighted by atomic mass is 32.1. The number of aromatic nitrogens is 1. The number of benzene rings is 1. The third-order valence-corrected chi connectivity index (χ3v) is 4.88. The third-order valence-electron chi connectivity index (χ3n) is 3.79. The van der Waals surface area contributed by atoms with Gasteiger partial charge >= 0.3 is 5.97 Å². The summed E-state index contributed by atoms with van der Waals surface area (Å²) in [6, 6.07) is 7.99. The summed E-state index contributed by atoms with van der Waals surface area (Å²) in [6.45, 7) is 0.490. The Kier molecular flexibility index (Phi) is 3.63. The van der Waals surface area contributed by atoms with Gasteiger partial charge in [-0.1, -0.05) is 12.1 Å². The number of para-hydroxylation sites is 1. The number of carboxylic acid groups (broad SMARTS) is 1. The second-order valence-electron chi connectivity index (χ2n) is 5.32. The molecule has 0 saturated heterocycles. The van der Waals surface area contributed by atoms with Crippen LogP contribution < -0.4 is 5.32 Å². The zero-order valence-corrected chi connectivity index (χ0v) is 12.3. The van der Waals surface area contributed by atoms with Crippen LogP contribution in [0.3, 0.4) is 0 Å². The van der Waals surface area contributed by atoms with Crippen molar-refractivity contribution < 1.29 is 14.7 Å². The summed E-state index contributed by atoms with van der Waals surface area (Å²) in [7, 11) is 0. The minimum absolute atomic E-state index is 0.348. The van der Waals surface area contributed by atoms with Gasteiger partial charge in [-0.05, 0) is 31.4 Å². The van der Waals surface area contributed by atoms with Gasteiger partial charge < -0.3 is 10.4 Å². The number of carbonyl (C=O) groups excluding carboxylic acids is 1. The molecule has 0 spiro atoms. The van der Waals surface area contributed by atoms with E-state index in [0.29, 0.717) is 19.4 Å². The molecule has 6 heteroatoms. The van der Waals surface area contributed by atoms with Crippen molar-refractivity contribution in [2.75, 3.05) is 6.54 Å². The van der Waals surface area contributed by atoms with Crippen molar-refractivity contribution >= 4 is 33.4 Å². The van der Waals surface area contributed by atoms with Crippen LogP contribution in [0.5, 0.6) is 0 Å². The van der Waals surface area contributed by atoms with Crippen molar-refractivity contribution in [3.63, 3.8) is 0 Å². The van der Waals surface area contributed by atoms with Crippen molar-refractivity contribution in [2.24, 2.45) is 5.41 Å². The molecular weight excluding hydrogens is 288 g/mol. The average Bonchev–Trinajstić information content (AvgIpc) is 3.18. The normalized spacial score (nSPS) is 15.8. The van der Waals surface area contributed by atoms with E-state index in [1.54, 1.807) is 11.3 Å². The Hall–Kier alpha value is -1.95. The monoisotopic (exact) mass is 304 g/mol. The van der Waals surface area contributed by atoms with Gasteiger partial charge in [0.05, 0.1) is 15.2 Å².